The highest BCUT2D eigenvalue weighted by molar-refractivity contribution is 7.15. The summed E-state index contributed by atoms with van der Waals surface area (Å²) in [5, 5.41) is 4.09. The van der Waals surface area contributed by atoms with Gasteiger partial charge in [0.05, 0.1) is 7.11 Å². The van der Waals surface area contributed by atoms with Crippen molar-refractivity contribution in [2.75, 3.05) is 19.0 Å². The number of carbonyl (C=O) groups excluding carboxylic acids is 1. The second-order valence-corrected chi connectivity index (χ2v) is 6.62. The van der Waals surface area contributed by atoms with Crippen LogP contribution in [0.2, 0.25) is 0 Å². The Morgan fingerprint density at radius 2 is 2.11 bits per heavy atom. The van der Waals surface area contributed by atoms with Gasteiger partial charge in [-0.1, -0.05) is 27.7 Å². The minimum absolute atomic E-state index is 0.186. The quantitative estimate of drug-likeness (QED) is 0.834. The number of methoxy groups -OCH3 is 1. The number of ether oxygens (including phenoxy) is 1. The molecule has 0 unspecified atom stereocenters. The van der Waals surface area contributed by atoms with Crippen molar-refractivity contribution in [2.45, 2.75) is 34.6 Å². The fourth-order valence-electron chi connectivity index (χ4n) is 1.27. The van der Waals surface area contributed by atoms with E-state index in [1.807, 2.05) is 6.92 Å². The van der Waals surface area contributed by atoms with Crippen LogP contribution in [0, 0.1) is 18.3 Å². The van der Waals surface area contributed by atoms with Crippen molar-refractivity contribution in [3.63, 3.8) is 0 Å². The van der Waals surface area contributed by atoms with Crippen LogP contribution in [0.4, 0.5) is 5.13 Å². The molecule has 4 nitrogen and oxygen atoms in total. The lowest BCUT2D eigenvalue weighted by molar-refractivity contribution is 0.0594. The van der Waals surface area contributed by atoms with Crippen LogP contribution in [0.15, 0.2) is 0 Å². The van der Waals surface area contributed by atoms with E-state index in [-0.39, 0.29) is 11.4 Å². The number of aryl methyl sites for hydroxylation is 1. The summed E-state index contributed by atoms with van der Waals surface area (Å²) in [6.07, 6.45) is 0. The van der Waals surface area contributed by atoms with E-state index in [0.29, 0.717) is 11.6 Å². The minimum atomic E-state index is -0.375. The summed E-state index contributed by atoms with van der Waals surface area (Å²) in [5.74, 6) is 0.200. The summed E-state index contributed by atoms with van der Waals surface area (Å²) in [7, 11) is 1.37. The van der Waals surface area contributed by atoms with Crippen molar-refractivity contribution < 1.29 is 9.53 Å². The molecule has 5 heteroatoms. The molecule has 0 fully saturated rings. The third kappa shape index (κ3) is 3.45. The minimum Gasteiger partial charge on any atom is -0.464 e. The molecular formula is C13H22N2O2S. The number of nitrogens with zero attached hydrogens (tertiary/aromatic N) is 1. The molecule has 0 aromatic carbocycles. The Balaban J connectivity index is 2.73. The maximum absolute atomic E-state index is 11.5. The van der Waals surface area contributed by atoms with E-state index < -0.39 is 0 Å². The van der Waals surface area contributed by atoms with E-state index in [1.165, 1.54) is 18.4 Å². The van der Waals surface area contributed by atoms with Gasteiger partial charge in [0, 0.05) is 11.4 Å². The average molecular weight is 270 g/mol. The number of aromatic nitrogens is 1. The maximum Gasteiger partial charge on any atom is 0.357 e. The lowest BCUT2D eigenvalue weighted by Crippen LogP contribution is -2.28. The van der Waals surface area contributed by atoms with Crippen LogP contribution < -0.4 is 5.32 Å². The molecular weight excluding hydrogens is 248 g/mol. The van der Waals surface area contributed by atoms with Crippen molar-refractivity contribution in [3.05, 3.63) is 10.6 Å². The van der Waals surface area contributed by atoms with Crippen molar-refractivity contribution in [1.82, 2.24) is 4.98 Å². The zero-order chi connectivity index (χ0) is 13.9. The van der Waals surface area contributed by atoms with Crippen LogP contribution in [0.1, 0.15) is 43.1 Å². The van der Waals surface area contributed by atoms with Crippen LogP contribution in [0.5, 0.6) is 0 Å². The molecule has 0 aliphatic carbocycles. The Kier molecular flexibility index (Phi) is 4.73. The lowest BCUT2D eigenvalue weighted by atomic mass is 9.81. The van der Waals surface area contributed by atoms with E-state index in [0.717, 1.165) is 16.6 Å². The van der Waals surface area contributed by atoms with Gasteiger partial charge >= 0.3 is 5.97 Å². The molecule has 0 saturated heterocycles. The molecule has 0 spiro atoms. The summed E-state index contributed by atoms with van der Waals surface area (Å²) in [6.45, 7) is 11.5. The molecule has 102 valence electrons. The van der Waals surface area contributed by atoms with E-state index in [2.05, 4.69) is 38.0 Å². The van der Waals surface area contributed by atoms with Crippen molar-refractivity contribution >= 4 is 22.4 Å². The molecule has 0 radical (unpaired) electrons. The van der Waals surface area contributed by atoms with Crippen LogP contribution in [0.25, 0.3) is 0 Å². The number of rotatable bonds is 5. The number of thiazole rings is 1. The number of carbonyl (C=O) groups is 1. The van der Waals surface area contributed by atoms with Crippen molar-refractivity contribution in [1.29, 1.82) is 0 Å². The zero-order valence-electron chi connectivity index (χ0n) is 12.0. The van der Waals surface area contributed by atoms with Gasteiger partial charge in [-0.25, -0.2) is 9.78 Å². The standard InChI is InChI=1S/C13H22N2O2S/c1-8(2)13(4,5)7-14-12-15-10(9(3)18-12)11(16)17-6/h8H,7H2,1-6H3,(H,14,15). The predicted molar refractivity (Wildman–Crippen MR) is 75.3 cm³/mol. The number of hydrogen-bond donors (Lipinski definition) is 1. The normalized spacial score (nSPS) is 11.7. The summed E-state index contributed by atoms with van der Waals surface area (Å²) in [4.78, 5) is 16.6. The summed E-state index contributed by atoms with van der Waals surface area (Å²) in [5.41, 5.74) is 0.595. The molecule has 0 atom stereocenters. The van der Waals surface area contributed by atoms with E-state index in [9.17, 15) is 4.79 Å². The number of nitrogens with one attached hydrogen (secondary N) is 1. The Hall–Kier alpha value is -1.10. The van der Waals surface area contributed by atoms with Gasteiger partial charge in [0.25, 0.3) is 0 Å². The molecule has 0 aliphatic rings. The van der Waals surface area contributed by atoms with Gasteiger partial charge in [-0.3, -0.25) is 0 Å². The van der Waals surface area contributed by atoms with E-state index >= 15 is 0 Å². The average Bonchev–Trinajstić information content (AvgIpc) is 2.67. The Morgan fingerprint density at radius 3 is 2.61 bits per heavy atom. The third-order valence-corrected chi connectivity index (χ3v) is 4.36. The van der Waals surface area contributed by atoms with Gasteiger partial charge in [0.2, 0.25) is 0 Å². The fraction of sp³-hybridized carbons (Fsp3) is 0.692. The number of anilines is 1. The van der Waals surface area contributed by atoms with Gasteiger partial charge in [-0.15, -0.1) is 11.3 Å². The molecule has 18 heavy (non-hydrogen) atoms. The SMILES string of the molecule is COC(=O)c1nc(NCC(C)(C)C(C)C)sc1C. The van der Waals surface area contributed by atoms with Crippen molar-refractivity contribution in [2.24, 2.45) is 11.3 Å². The molecule has 1 N–H and O–H groups in total. The Morgan fingerprint density at radius 1 is 1.50 bits per heavy atom. The van der Waals surface area contributed by atoms with Gasteiger partial charge in [-0.05, 0) is 18.3 Å². The van der Waals surface area contributed by atoms with Crippen LogP contribution >= 0.6 is 11.3 Å². The molecule has 1 heterocycles. The molecule has 1 aromatic heterocycles. The van der Waals surface area contributed by atoms with Crippen LogP contribution in [-0.4, -0.2) is 24.6 Å². The van der Waals surface area contributed by atoms with Gasteiger partial charge in [0.15, 0.2) is 10.8 Å². The van der Waals surface area contributed by atoms with Gasteiger partial charge in [0.1, 0.15) is 0 Å². The topological polar surface area (TPSA) is 51.2 Å². The third-order valence-electron chi connectivity index (χ3n) is 3.43. The van der Waals surface area contributed by atoms with Crippen LogP contribution in [-0.2, 0) is 4.74 Å². The molecule has 1 rings (SSSR count). The second-order valence-electron chi connectivity index (χ2n) is 5.41. The summed E-state index contributed by atoms with van der Waals surface area (Å²) >= 11 is 1.49. The molecule has 1 aromatic rings. The summed E-state index contributed by atoms with van der Waals surface area (Å²) in [6, 6.07) is 0. The summed E-state index contributed by atoms with van der Waals surface area (Å²) < 4.78 is 4.69. The van der Waals surface area contributed by atoms with Gasteiger partial charge < -0.3 is 10.1 Å². The van der Waals surface area contributed by atoms with E-state index in [4.69, 9.17) is 4.74 Å². The predicted octanol–water partition coefficient (Wildman–Crippen LogP) is 3.33. The molecule has 0 amide bonds. The lowest BCUT2D eigenvalue weighted by Gasteiger charge is -2.29. The van der Waals surface area contributed by atoms with Crippen LogP contribution in [0.3, 0.4) is 0 Å². The largest absolute Gasteiger partial charge is 0.464 e. The zero-order valence-corrected chi connectivity index (χ0v) is 12.8. The van der Waals surface area contributed by atoms with Crippen molar-refractivity contribution in [3.8, 4) is 0 Å². The smallest absolute Gasteiger partial charge is 0.357 e. The maximum atomic E-state index is 11.5. The second kappa shape index (κ2) is 5.69. The monoisotopic (exact) mass is 270 g/mol. The molecule has 0 aliphatic heterocycles. The first kappa shape index (κ1) is 15.0. The highest BCUT2D eigenvalue weighted by Gasteiger charge is 2.23. The highest BCUT2D eigenvalue weighted by atomic mass is 32.1. The Labute approximate surface area is 113 Å². The fourth-order valence-corrected chi connectivity index (χ4v) is 2.06. The Bertz CT molecular complexity index is 425. The molecule has 0 saturated carbocycles. The van der Waals surface area contributed by atoms with E-state index in [1.54, 1.807) is 0 Å². The number of esters is 1. The number of hydrogen-bond acceptors (Lipinski definition) is 5. The molecule has 0 bridgehead atoms. The first-order valence-corrected chi connectivity index (χ1v) is 6.89. The van der Waals surface area contributed by atoms with Gasteiger partial charge in [-0.2, -0.15) is 0 Å². The first-order valence-electron chi connectivity index (χ1n) is 6.07. The highest BCUT2D eigenvalue weighted by Crippen LogP contribution is 2.28. The first-order chi connectivity index (χ1) is 8.27.